The molecule has 0 saturated carbocycles. The predicted molar refractivity (Wildman–Crippen MR) is 140 cm³/mol. The van der Waals surface area contributed by atoms with Gasteiger partial charge in [0.1, 0.15) is 12.3 Å². The van der Waals surface area contributed by atoms with Gasteiger partial charge in [0, 0.05) is 18.8 Å². The molecule has 0 radical (unpaired) electrons. The maximum atomic E-state index is 12.8. The van der Waals surface area contributed by atoms with Crippen LogP contribution in [0.15, 0.2) is 53.4 Å². The molecule has 2 saturated heterocycles. The number of ether oxygens (including phenoxy) is 1. The number of carbonyl (C=O) groups is 4. The molecule has 4 amide bonds. The predicted octanol–water partition coefficient (Wildman–Crippen LogP) is 4.80. The first kappa shape index (κ1) is 25.8. The molecule has 1 N–H and O–H groups in total. The smallest absolute Gasteiger partial charge is 0.294 e. The van der Waals surface area contributed by atoms with Gasteiger partial charge in [-0.15, -0.1) is 0 Å². The number of carbonyl (C=O) groups excluding carboxylic acids is 4. The number of likely N-dealkylation sites (tertiary alicyclic amines) is 1. The van der Waals surface area contributed by atoms with E-state index in [0.717, 1.165) is 42.3 Å². The molecule has 2 fully saturated rings. The van der Waals surface area contributed by atoms with Crippen LogP contribution in [0.3, 0.4) is 0 Å². The normalized spacial score (nSPS) is 17.3. The lowest BCUT2D eigenvalue weighted by atomic mass is 10.2. The van der Waals surface area contributed by atoms with Crippen molar-refractivity contribution < 1.29 is 23.9 Å². The highest BCUT2D eigenvalue weighted by Gasteiger charge is 2.37. The second-order valence-electron chi connectivity index (χ2n) is 8.46. The van der Waals surface area contributed by atoms with Gasteiger partial charge in [-0.05, 0) is 60.5 Å². The van der Waals surface area contributed by atoms with Crippen molar-refractivity contribution in [1.29, 1.82) is 0 Å². The number of nitrogens with zero attached hydrogens (tertiary/aromatic N) is 2. The lowest BCUT2D eigenvalue weighted by Gasteiger charge is -2.22. The second-order valence-corrected chi connectivity index (χ2v) is 9.86. The quantitative estimate of drug-likeness (QED) is 0.520. The highest BCUT2D eigenvalue weighted by Crippen LogP contribution is 2.34. The van der Waals surface area contributed by atoms with Crippen LogP contribution >= 0.6 is 23.4 Å². The van der Waals surface area contributed by atoms with Crippen LogP contribution in [0.5, 0.6) is 5.75 Å². The minimum atomic E-state index is -0.498. The summed E-state index contributed by atoms with van der Waals surface area (Å²) in [5.74, 6) is -0.721. The first-order valence-electron chi connectivity index (χ1n) is 11.7. The molecule has 0 aromatic heterocycles. The molecule has 8 nitrogen and oxygen atoms in total. The number of para-hydroxylation sites is 1. The Morgan fingerprint density at radius 3 is 2.44 bits per heavy atom. The number of amides is 4. The van der Waals surface area contributed by atoms with Gasteiger partial charge in [-0.3, -0.25) is 24.1 Å². The molecule has 0 bridgehead atoms. The first-order valence-corrected chi connectivity index (χ1v) is 12.9. The van der Waals surface area contributed by atoms with E-state index in [2.05, 4.69) is 5.32 Å². The number of rotatable bonds is 7. The van der Waals surface area contributed by atoms with Crippen LogP contribution in [0.4, 0.5) is 10.5 Å². The topological polar surface area (TPSA) is 96.0 Å². The van der Waals surface area contributed by atoms with Crippen molar-refractivity contribution in [3.63, 3.8) is 0 Å². The number of halogens is 1. The van der Waals surface area contributed by atoms with Crippen molar-refractivity contribution in [3.05, 3.63) is 64.0 Å². The molecule has 2 aromatic rings. The highest BCUT2D eigenvalue weighted by atomic mass is 35.5. The third-order valence-corrected chi connectivity index (χ3v) is 7.00. The largest absolute Gasteiger partial charge is 0.482 e. The fraction of sp³-hybridized carbons (Fsp3) is 0.308. The Morgan fingerprint density at radius 2 is 1.75 bits per heavy atom. The molecule has 2 aliphatic heterocycles. The number of nitrogens with one attached hydrogen (secondary N) is 1. The molecule has 2 aliphatic rings. The van der Waals surface area contributed by atoms with E-state index in [0.29, 0.717) is 30.1 Å². The molecule has 0 spiro atoms. The van der Waals surface area contributed by atoms with Gasteiger partial charge in [0.15, 0.2) is 6.61 Å². The molecule has 36 heavy (non-hydrogen) atoms. The minimum absolute atomic E-state index is 0.207. The van der Waals surface area contributed by atoms with Crippen LogP contribution < -0.4 is 10.1 Å². The fourth-order valence-corrected chi connectivity index (χ4v) is 5.01. The zero-order chi connectivity index (χ0) is 25.5. The average molecular weight is 528 g/mol. The molecule has 0 aliphatic carbocycles. The van der Waals surface area contributed by atoms with E-state index in [-0.39, 0.29) is 34.9 Å². The Bertz CT molecular complexity index is 1180. The minimum Gasteiger partial charge on any atom is -0.482 e. The van der Waals surface area contributed by atoms with Gasteiger partial charge >= 0.3 is 0 Å². The third-order valence-electron chi connectivity index (χ3n) is 5.80. The summed E-state index contributed by atoms with van der Waals surface area (Å²) in [5.41, 5.74) is 1.25. The lowest BCUT2D eigenvalue weighted by molar-refractivity contribution is -0.135. The van der Waals surface area contributed by atoms with Gasteiger partial charge in [-0.25, -0.2) is 0 Å². The van der Waals surface area contributed by atoms with Gasteiger partial charge in [0.05, 0.1) is 9.93 Å². The van der Waals surface area contributed by atoms with Crippen LogP contribution in [0.25, 0.3) is 6.08 Å². The zero-order valence-electron chi connectivity index (χ0n) is 19.6. The van der Waals surface area contributed by atoms with Crippen molar-refractivity contribution in [2.75, 3.05) is 31.6 Å². The highest BCUT2D eigenvalue weighted by molar-refractivity contribution is 8.18. The van der Waals surface area contributed by atoms with E-state index in [1.807, 2.05) is 18.2 Å². The van der Waals surface area contributed by atoms with Gasteiger partial charge in [-0.2, -0.15) is 0 Å². The standard InChI is InChI=1S/C26H26ClN3O5S/c27-20-14-18(10-11-21(20)35-17-23(31)28-19-8-4-3-5-9-19)15-22-25(33)30(26(34)36-22)16-24(32)29-12-6-1-2-7-13-29/h3-5,8-11,14-15H,1-2,6-7,12-13,16-17H2,(H,28,31). The number of benzene rings is 2. The number of anilines is 1. The van der Waals surface area contributed by atoms with Crippen molar-refractivity contribution in [3.8, 4) is 5.75 Å². The van der Waals surface area contributed by atoms with Crippen LogP contribution in [0.1, 0.15) is 31.2 Å². The maximum absolute atomic E-state index is 12.8. The Hall–Kier alpha value is -3.30. The number of imide groups is 1. The third kappa shape index (κ3) is 6.67. The van der Waals surface area contributed by atoms with E-state index in [1.165, 1.54) is 0 Å². The van der Waals surface area contributed by atoms with Gasteiger partial charge in [0.25, 0.3) is 17.1 Å². The molecule has 2 aromatic carbocycles. The zero-order valence-corrected chi connectivity index (χ0v) is 21.1. The van der Waals surface area contributed by atoms with Crippen molar-refractivity contribution in [2.45, 2.75) is 25.7 Å². The van der Waals surface area contributed by atoms with Crippen molar-refractivity contribution in [2.24, 2.45) is 0 Å². The molecule has 2 heterocycles. The summed E-state index contributed by atoms with van der Waals surface area (Å²) in [4.78, 5) is 53.0. The summed E-state index contributed by atoms with van der Waals surface area (Å²) < 4.78 is 5.52. The molecule has 188 valence electrons. The SMILES string of the molecule is O=C(COc1ccc(C=C2SC(=O)N(CC(=O)N3CCCCCC3)C2=O)cc1Cl)Nc1ccccc1. The van der Waals surface area contributed by atoms with Crippen LogP contribution in [-0.2, 0) is 14.4 Å². The van der Waals surface area contributed by atoms with Gasteiger partial charge in [-0.1, -0.05) is 48.7 Å². The first-order chi connectivity index (χ1) is 17.4. The van der Waals surface area contributed by atoms with Crippen molar-refractivity contribution in [1.82, 2.24) is 9.80 Å². The van der Waals surface area contributed by atoms with E-state index in [1.54, 1.807) is 41.3 Å². The van der Waals surface area contributed by atoms with Crippen LogP contribution in [-0.4, -0.2) is 59.0 Å². The average Bonchev–Trinajstić information content (AvgIpc) is 3.05. The molecule has 4 rings (SSSR count). The lowest BCUT2D eigenvalue weighted by Crippen LogP contribution is -2.42. The van der Waals surface area contributed by atoms with Gasteiger partial charge < -0.3 is 15.0 Å². The summed E-state index contributed by atoms with van der Waals surface area (Å²) in [6.07, 6.45) is 5.60. The molecule has 10 heteroatoms. The van der Waals surface area contributed by atoms with E-state index in [4.69, 9.17) is 16.3 Å². The van der Waals surface area contributed by atoms with Gasteiger partial charge in [0.2, 0.25) is 5.91 Å². The summed E-state index contributed by atoms with van der Waals surface area (Å²) in [6.45, 7) is 0.843. The summed E-state index contributed by atoms with van der Waals surface area (Å²) in [5, 5.41) is 2.51. The number of hydrogen-bond donors (Lipinski definition) is 1. The monoisotopic (exact) mass is 527 g/mol. The maximum Gasteiger partial charge on any atom is 0.294 e. The van der Waals surface area contributed by atoms with E-state index in [9.17, 15) is 19.2 Å². The summed E-state index contributed by atoms with van der Waals surface area (Å²) in [7, 11) is 0. The molecule has 0 unspecified atom stereocenters. The number of hydrogen-bond acceptors (Lipinski definition) is 6. The Balaban J connectivity index is 1.35. The van der Waals surface area contributed by atoms with Crippen LogP contribution in [0.2, 0.25) is 5.02 Å². The Kier molecular flexibility index (Phi) is 8.66. The summed E-state index contributed by atoms with van der Waals surface area (Å²) in [6, 6.07) is 13.9. The molecule has 0 atom stereocenters. The van der Waals surface area contributed by atoms with Crippen molar-refractivity contribution >= 4 is 58.1 Å². The Labute approximate surface area is 218 Å². The molecular formula is C26H26ClN3O5S. The number of thioether (sulfide) groups is 1. The molecular weight excluding hydrogens is 502 g/mol. The fourth-order valence-electron chi connectivity index (χ4n) is 3.93. The van der Waals surface area contributed by atoms with E-state index >= 15 is 0 Å². The Morgan fingerprint density at radius 1 is 1.03 bits per heavy atom. The van der Waals surface area contributed by atoms with E-state index < -0.39 is 11.1 Å². The summed E-state index contributed by atoms with van der Waals surface area (Å²) >= 11 is 7.11. The second kappa shape index (κ2) is 12.1. The van der Waals surface area contributed by atoms with Crippen LogP contribution in [0, 0.1) is 0 Å².